The largest absolute Gasteiger partial charge is 0.485 e. The Labute approximate surface area is 201 Å². The van der Waals surface area contributed by atoms with Crippen LogP contribution in [0.4, 0.5) is 26.3 Å². The molecule has 35 heavy (non-hydrogen) atoms. The van der Waals surface area contributed by atoms with Crippen molar-refractivity contribution in [3.63, 3.8) is 0 Å². The van der Waals surface area contributed by atoms with Gasteiger partial charge >= 0.3 is 6.18 Å². The van der Waals surface area contributed by atoms with Crippen molar-refractivity contribution in [2.24, 2.45) is 0 Å². The molecule has 0 atom stereocenters. The third kappa shape index (κ3) is 5.94. The first-order chi connectivity index (χ1) is 16.6. The van der Waals surface area contributed by atoms with Crippen molar-refractivity contribution in [3.05, 3.63) is 69.7 Å². The average Bonchev–Trinajstić information content (AvgIpc) is 3.23. The van der Waals surface area contributed by atoms with Crippen LogP contribution in [0.25, 0.3) is 10.6 Å². The molecule has 1 aliphatic heterocycles. The summed E-state index contributed by atoms with van der Waals surface area (Å²) in [5.74, 6) is -2.20. The Balaban J connectivity index is 1.60. The summed E-state index contributed by atoms with van der Waals surface area (Å²) in [6.45, 7) is 1.22. The molecule has 0 spiro atoms. The van der Waals surface area contributed by atoms with Gasteiger partial charge in [-0.1, -0.05) is 12.1 Å². The average molecular weight is 511 g/mol. The van der Waals surface area contributed by atoms with Crippen molar-refractivity contribution in [3.8, 4) is 22.4 Å². The topological polar surface area (TPSA) is 49.1 Å². The number of thiazole rings is 1. The minimum absolute atomic E-state index is 0.171. The van der Waals surface area contributed by atoms with Crippen LogP contribution >= 0.6 is 11.3 Å². The van der Waals surface area contributed by atoms with Gasteiger partial charge in [0, 0.05) is 31.3 Å². The molecule has 2 heterocycles. The summed E-state index contributed by atoms with van der Waals surface area (Å²) in [7, 11) is 0. The standard InChI is InChI=1S/C24H19F6N3OS/c25-17-5-7-33(8-6-17)12-20-22(13-34-21-10-18(26)15(11-31)9-19(21)27)35-23(32-20)14-1-3-16(4-2-14)24(28,29)30/h1-4,9-10,17H,5-8,12-13H2. The van der Waals surface area contributed by atoms with E-state index in [0.29, 0.717) is 53.6 Å². The van der Waals surface area contributed by atoms with Gasteiger partial charge in [0.05, 0.1) is 21.7 Å². The molecule has 0 radical (unpaired) electrons. The van der Waals surface area contributed by atoms with Gasteiger partial charge in [-0.2, -0.15) is 18.4 Å². The lowest BCUT2D eigenvalue weighted by Gasteiger charge is -2.28. The number of alkyl halides is 4. The monoisotopic (exact) mass is 511 g/mol. The highest BCUT2D eigenvalue weighted by Gasteiger charge is 2.30. The third-order valence-electron chi connectivity index (χ3n) is 5.63. The molecule has 4 rings (SSSR count). The first-order valence-corrected chi connectivity index (χ1v) is 11.5. The number of nitriles is 1. The lowest BCUT2D eigenvalue weighted by atomic mass is 10.1. The zero-order valence-electron chi connectivity index (χ0n) is 18.2. The number of nitrogens with zero attached hydrogens (tertiary/aromatic N) is 3. The Hall–Kier alpha value is -3.10. The fraction of sp³-hybridized carbons (Fsp3) is 0.333. The molecule has 184 valence electrons. The van der Waals surface area contributed by atoms with Crippen LogP contribution < -0.4 is 4.74 Å². The molecule has 0 saturated carbocycles. The van der Waals surface area contributed by atoms with Crippen LogP contribution in [-0.2, 0) is 19.3 Å². The zero-order chi connectivity index (χ0) is 25.2. The quantitative estimate of drug-likeness (QED) is 0.355. The molecule has 0 amide bonds. The van der Waals surface area contributed by atoms with E-state index in [0.717, 1.165) is 24.3 Å². The van der Waals surface area contributed by atoms with Crippen molar-refractivity contribution >= 4 is 11.3 Å². The van der Waals surface area contributed by atoms with Gasteiger partial charge in [-0.15, -0.1) is 11.3 Å². The van der Waals surface area contributed by atoms with Crippen molar-refractivity contribution < 1.29 is 31.1 Å². The van der Waals surface area contributed by atoms with Crippen LogP contribution in [0.3, 0.4) is 0 Å². The Morgan fingerprint density at radius 3 is 2.40 bits per heavy atom. The highest BCUT2D eigenvalue weighted by molar-refractivity contribution is 7.15. The van der Waals surface area contributed by atoms with Gasteiger partial charge in [-0.05, 0) is 31.0 Å². The molecule has 11 heteroatoms. The normalized spacial score (nSPS) is 15.2. The zero-order valence-corrected chi connectivity index (χ0v) is 19.0. The number of rotatable bonds is 6. The van der Waals surface area contributed by atoms with Crippen LogP contribution in [0, 0.1) is 23.0 Å². The molecule has 1 fully saturated rings. The van der Waals surface area contributed by atoms with Gasteiger partial charge in [-0.25, -0.2) is 18.2 Å². The second-order valence-corrected chi connectivity index (χ2v) is 9.16. The summed E-state index contributed by atoms with van der Waals surface area (Å²) in [5, 5.41) is 9.27. The van der Waals surface area contributed by atoms with E-state index in [2.05, 4.69) is 4.98 Å². The Kier molecular flexibility index (Phi) is 7.33. The molecule has 0 N–H and O–H groups in total. The second-order valence-electron chi connectivity index (χ2n) is 8.08. The number of benzene rings is 2. The van der Waals surface area contributed by atoms with Crippen LogP contribution in [0.2, 0.25) is 0 Å². The maximum Gasteiger partial charge on any atom is 0.416 e. The summed E-state index contributed by atoms with van der Waals surface area (Å²) >= 11 is 1.17. The van der Waals surface area contributed by atoms with E-state index in [1.165, 1.54) is 23.5 Å². The van der Waals surface area contributed by atoms with Crippen molar-refractivity contribution in [1.82, 2.24) is 9.88 Å². The highest BCUT2D eigenvalue weighted by Crippen LogP contribution is 2.34. The van der Waals surface area contributed by atoms with Crippen LogP contribution in [0.5, 0.6) is 5.75 Å². The van der Waals surface area contributed by atoms with Gasteiger partial charge in [0.25, 0.3) is 0 Å². The summed E-state index contributed by atoms with van der Waals surface area (Å²) in [6, 6.07) is 7.65. The lowest BCUT2D eigenvalue weighted by Crippen LogP contribution is -2.34. The molecule has 2 aromatic carbocycles. The first kappa shape index (κ1) is 25.0. The van der Waals surface area contributed by atoms with E-state index in [-0.39, 0.29) is 12.4 Å². The minimum Gasteiger partial charge on any atom is -0.485 e. The highest BCUT2D eigenvalue weighted by atomic mass is 32.1. The van der Waals surface area contributed by atoms with Gasteiger partial charge in [0.1, 0.15) is 29.7 Å². The minimum atomic E-state index is -4.46. The predicted molar refractivity (Wildman–Crippen MR) is 117 cm³/mol. The molecule has 0 unspecified atom stereocenters. The van der Waals surface area contributed by atoms with Crippen LogP contribution in [-0.4, -0.2) is 29.1 Å². The molecule has 1 aromatic heterocycles. The van der Waals surface area contributed by atoms with E-state index in [1.807, 2.05) is 4.90 Å². The summed E-state index contributed by atoms with van der Waals surface area (Å²) in [6.07, 6.45) is -4.55. The molecular weight excluding hydrogens is 492 g/mol. The molecule has 4 nitrogen and oxygen atoms in total. The number of likely N-dealkylation sites (tertiary alicyclic amines) is 1. The fourth-order valence-electron chi connectivity index (χ4n) is 3.68. The maximum atomic E-state index is 14.2. The SMILES string of the molecule is N#Cc1cc(F)c(OCc2sc(-c3ccc(C(F)(F)F)cc3)nc2CN2CCC(F)CC2)cc1F. The smallest absolute Gasteiger partial charge is 0.416 e. The molecule has 3 aromatic rings. The van der Waals surface area contributed by atoms with Gasteiger partial charge in [0.15, 0.2) is 11.6 Å². The van der Waals surface area contributed by atoms with E-state index in [4.69, 9.17) is 10.00 Å². The fourth-order valence-corrected chi connectivity index (χ4v) is 4.67. The Morgan fingerprint density at radius 2 is 1.77 bits per heavy atom. The summed E-state index contributed by atoms with van der Waals surface area (Å²) in [5.41, 5.74) is -0.200. The van der Waals surface area contributed by atoms with E-state index in [9.17, 15) is 26.3 Å². The summed E-state index contributed by atoms with van der Waals surface area (Å²) < 4.78 is 85.9. The number of halogens is 6. The number of piperidine rings is 1. The molecular formula is C24H19F6N3OS. The van der Waals surface area contributed by atoms with Crippen molar-refractivity contribution in [1.29, 1.82) is 5.26 Å². The number of hydrogen-bond donors (Lipinski definition) is 0. The van der Waals surface area contributed by atoms with E-state index < -0.39 is 35.1 Å². The van der Waals surface area contributed by atoms with Gasteiger partial charge < -0.3 is 4.74 Å². The summed E-state index contributed by atoms with van der Waals surface area (Å²) in [4.78, 5) is 7.16. The molecule has 0 bridgehead atoms. The molecule has 0 aliphatic carbocycles. The van der Waals surface area contributed by atoms with Crippen molar-refractivity contribution in [2.45, 2.75) is 38.3 Å². The number of hydrogen-bond acceptors (Lipinski definition) is 5. The Bertz CT molecular complexity index is 1230. The van der Waals surface area contributed by atoms with Gasteiger partial charge in [0.2, 0.25) is 0 Å². The van der Waals surface area contributed by atoms with Crippen LogP contribution in [0.15, 0.2) is 36.4 Å². The second kappa shape index (κ2) is 10.3. The number of aromatic nitrogens is 1. The molecule has 1 saturated heterocycles. The Morgan fingerprint density at radius 1 is 1.09 bits per heavy atom. The predicted octanol–water partition coefficient (Wildman–Crippen LogP) is 6.49. The van der Waals surface area contributed by atoms with E-state index in [1.54, 1.807) is 6.07 Å². The molecule has 1 aliphatic rings. The third-order valence-corrected chi connectivity index (χ3v) is 6.75. The lowest BCUT2D eigenvalue weighted by molar-refractivity contribution is -0.137. The number of ether oxygens (including phenoxy) is 1. The van der Waals surface area contributed by atoms with Crippen molar-refractivity contribution in [2.75, 3.05) is 13.1 Å². The van der Waals surface area contributed by atoms with E-state index >= 15 is 0 Å². The van der Waals surface area contributed by atoms with Crippen LogP contribution in [0.1, 0.15) is 34.5 Å². The maximum absolute atomic E-state index is 14.2. The van der Waals surface area contributed by atoms with Gasteiger partial charge in [-0.3, -0.25) is 4.90 Å². The first-order valence-electron chi connectivity index (χ1n) is 10.7.